The van der Waals surface area contributed by atoms with Crippen molar-refractivity contribution in [1.29, 1.82) is 0 Å². The van der Waals surface area contributed by atoms with Gasteiger partial charge in [0.25, 0.3) is 5.70 Å². The first-order valence-corrected chi connectivity index (χ1v) is 3.06. The Kier molecular flexibility index (Phi) is 1.80. The van der Waals surface area contributed by atoms with Gasteiger partial charge >= 0.3 is 0 Å². The molecule has 0 saturated carbocycles. The molecule has 0 aromatic heterocycles. The molecule has 0 aromatic carbocycles. The monoisotopic (exact) mass is 140 g/mol. The largest absolute Gasteiger partial charge is 0.292 e. The van der Waals surface area contributed by atoms with Gasteiger partial charge in [0.05, 0.1) is 11.3 Å². The van der Waals surface area contributed by atoms with Crippen LogP contribution in [0.5, 0.6) is 0 Å². The van der Waals surface area contributed by atoms with E-state index in [1.165, 1.54) is 0 Å². The van der Waals surface area contributed by atoms with E-state index in [2.05, 4.69) is 4.99 Å². The Morgan fingerprint density at radius 3 is 2.90 bits per heavy atom. The molecule has 10 heavy (non-hydrogen) atoms. The molecule has 1 aliphatic heterocycles. The number of hydrogen-bond donors (Lipinski definition) is 0. The summed E-state index contributed by atoms with van der Waals surface area (Å²) in [5.74, 6) is 0. The van der Waals surface area contributed by atoms with E-state index in [-0.39, 0.29) is 4.92 Å². The van der Waals surface area contributed by atoms with Crippen LogP contribution < -0.4 is 0 Å². The van der Waals surface area contributed by atoms with Crippen LogP contribution in [0, 0.1) is 10.1 Å². The molecule has 1 aliphatic rings. The third kappa shape index (κ3) is 1.21. The second-order valence-corrected chi connectivity index (χ2v) is 2.17. The Morgan fingerprint density at radius 1 is 1.80 bits per heavy atom. The van der Waals surface area contributed by atoms with Crippen molar-refractivity contribution in [2.24, 2.45) is 4.99 Å². The van der Waals surface area contributed by atoms with E-state index in [4.69, 9.17) is 0 Å². The fourth-order valence-electron chi connectivity index (χ4n) is 0.879. The maximum atomic E-state index is 10.3. The first kappa shape index (κ1) is 6.92. The summed E-state index contributed by atoms with van der Waals surface area (Å²) in [4.78, 5) is 13.8. The van der Waals surface area contributed by atoms with Crippen LogP contribution in [0.2, 0.25) is 0 Å². The molecule has 1 heterocycles. The van der Waals surface area contributed by atoms with Crippen molar-refractivity contribution < 1.29 is 4.92 Å². The topological polar surface area (TPSA) is 55.5 Å². The maximum Gasteiger partial charge on any atom is 0.252 e. The minimum Gasteiger partial charge on any atom is -0.292 e. The molecule has 0 N–H and O–H groups in total. The lowest BCUT2D eigenvalue weighted by Crippen LogP contribution is -2.08. The van der Waals surface area contributed by atoms with Gasteiger partial charge in [-0.25, -0.2) is 0 Å². The summed E-state index contributed by atoms with van der Waals surface area (Å²) in [5.41, 5.74) is 0.978. The van der Waals surface area contributed by atoms with Crippen molar-refractivity contribution in [2.75, 3.05) is 6.54 Å². The van der Waals surface area contributed by atoms with Gasteiger partial charge in [-0.1, -0.05) is 0 Å². The molecule has 0 aromatic rings. The van der Waals surface area contributed by atoms with E-state index in [1.807, 2.05) is 0 Å². The highest BCUT2D eigenvalue weighted by atomic mass is 16.6. The fourth-order valence-corrected chi connectivity index (χ4v) is 0.879. The van der Waals surface area contributed by atoms with Crippen LogP contribution in [0.4, 0.5) is 0 Å². The van der Waals surface area contributed by atoms with E-state index < -0.39 is 0 Å². The first-order valence-electron chi connectivity index (χ1n) is 3.06. The van der Waals surface area contributed by atoms with E-state index in [9.17, 15) is 10.1 Å². The summed E-state index contributed by atoms with van der Waals surface area (Å²) in [6, 6.07) is 0. The number of nitrogens with zero attached hydrogens (tertiary/aromatic N) is 2. The van der Waals surface area contributed by atoms with Crippen molar-refractivity contribution in [2.45, 2.75) is 13.3 Å². The van der Waals surface area contributed by atoms with E-state index in [1.54, 1.807) is 13.1 Å². The summed E-state index contributed by atoms with van der Waals surface area (Å²) in [5, 5.41) is 10.3. The van der Waals surface area contributed by atoms with Gasteiger partial charge in [-0.15, -0.1) is 0 Å². The number of allylic oxidation sites excluding steroid dienone is 1. The summed E-state index contributed by atoms with van der Waals surface area (Å²) < 4.78 is 0. The Morgan fingerprint density at radius 2 is 2.50 bits per heavy atom. The van der Waals surface area contributed by atoms with Crippen LogP contribution in [-0.2, 0) is 0 Å². The van der Waals surface area contributed by atoms with Crippen LogP contribution in [0.3, 0.4) is 0 Å². The highest BCUT2D eigenvalue weighted by molar-refractivity contribution is 5.79. The average Bonchev–Trinajstić information content (AvgIpc) is 1.88. The van der Waals surface area contributed by atoms with Crippen LogP contribution >= 0.6 is 0 Å². The summed E-state index contributed by atoms with van der Waals surface area (Å²) >= 11 is 0. The summed E-state index contributed by atoms with van der Waals surface area (Å²) in [6.07, 6.45) is 2.02. The predicted octanol–water partition coefficient (Wildman–Crippen LogP) is 1.01. The lowest BCUT2D eigenvalue weighted by molar-refractivity contribution is -0.428. The minimum absolute atomic E-state index is 0.301. The molecule has 0 radical (unpaired) electrons. The van der Waals surface area contributed by atoms with Crippen molar-refractivity contribution in [3.8, 4) is 0 Å². The molecule has 0 saturated heterocycles. The van der Waals surface area contributed by atoms with Crippen molar-refractivity contribution in [1.82, 2.24) is 0 Å². The molecular formula is C6H8N2O2. The second-order valence-electron chi connectivity index (χ2n) is 2.17. The predicted molar refractivity (Wildman–Crippen MR) is 37.7 cm³/mol. The first-order chi connectivity index (χ1) is 4.72. The number of nitro groups is 1. The molecule has 0 amide bonds. The highest BCUT2D eigenvalue weighted by Crippen LogP contribution is 2.11. The van der Waals surface area contributed by atoms with Crippen LogP contribution in [0.15, 0.2) is 16.3 Å². The molecule has 4 nitrogen and oxygen atoms in total. The maximum absolute atomic E-state index is 10.3. The summed E-state index contributed by atoms with van der Waals surface area (Å²) in [7, 11) is 0. The molecule has 54 valence electrons. The van der Waals surface area contributed by atoms with Crippen molar-refractivity contribution in [3.63, 3.8) is 0 Å². The quantitative estimate of drug-likeness (QED) is 0.403. The Hall–Kier alpha value is -1.19. The number of rotatable bonds is 1. The third-order valence-electron chi connectivity index (χ3n) is 1.44. The van der Waals surface area contributed by atoms with Crippen LogP contribution in [0.25, 0.3) is 0 Å². The Balaban J connectivity index is 2.89. The molecule has 0 atom stereocenters. The van der Waals surface area contributed by atoms with Gasteiger partial charge < -0.3 is 0 Å². The zero-order valence-corrected chi connectivity index (χ0v) is 5.70. The minimum atomic E-state index is -0.333. The average molecular weight is 140 g/mol. The van der Waals surface area contributed by atoms with Gasteiger partial charge in [-0.2, -0.15) is 0 Å². The Labute approximate surface area is 58.4 Å². The number of hydrogen-bond acceptors (Lipinski definition) is 3. The normalized spacial score (nSPS) is 17.7. The van der Waals surface area contributed by atoms with Gasteiger partial charge in [0.1, 0.15) is 0 Å². The number of dihydropyridines is 1. The van der Waals surface area contributed by atoms with Gasteiger partial charge in [-0.05, 0) is 6.92 Å². The highest BCUT2D eigenvalue weighted by Gasteiger charge is 2.15. The summed E-state index contributed by atoms with van der Waals surface area (Å²) in [6.45, 7) is 2.26. The van der Waals surface area contributed by atoms with Gasteiger partial charge in [0.15, 0.2) is 0 Å². The second kappa shape index (κ2) is 2.60. The van der Waals surface area contributed by atoms with Crippen LogP contribution in [0.1, 0.15) is 13.3 Å². The van der Waals surface area contributed by atoms with E-state index >= 15 is 0 Å². The molecule has 4 heteroatoms. The molecule has 0 fully saturated rings. The van der Waals surface area contributed by atoms with Crippen molar-refractivity contribution in [3.05, 3.63) is 21.4 Å². The smallest absolute Gasteiger partial charge is 0.252 e. The van der Waals surface area contributed by atoms with Gasteiger partial charge in [-0.3, -0.25) is 15.1 Å². The molecular weight excluding hydrogens is 132 g/mol. The van der Waals surface area contributed by atoms with Crippen molar-refractivity contribution >= 4 is 6.21 Å². The van der Waals surface area contributed by atoms with Crippen LogP contribution in [-0.4, -0.2) is 17.7 Å². The zero-order valence-electron chi connectivity index (χ0n) is 5.70. The van der Waals surface area contributed by atoms with E-state index in [0.29, 0.717) is 24.2 Å². The fraction of sp³-hybridized carbons (Fsp3) is 0.500. The van der Waals surface area contributed by atoms with Gasteiger partial charge in [0, 0.05) is 18.3 Å². The van der Waals surface area contributed by atoms with E-state index in [0.717, 1.165) is 0 Å². The van der Waals surface area contributed by atoms with Gasteiger partial charge in [0.2, 0.25) is 0 Å². The molecule has 0 aliphatic carbocycles. The Bertz CT molecular complexity index is 218. The SMILES string of the molecule is CC1=C([N+](=O)[O-])CCN=C1. The molecule has 0 bridgehead atoms. The molecule has 0 unspecified atom stereocenters. The number of aliphatic imine (C=N–C) groups is 1. The molecule has 1 rings (SSSR count). The third-order valence-corrected chi connectivity index (χ3v) is 1.44. The standard InChI is InChI=1S/C6H8N2O2/c1-5-4-7-3-2-6(5)8(9)10/h4H,2-3H2,1H3. The lowest BCUT2D eigenvalue weighted by atomic mass is 10.1. The lowest BCUT2D eigenvalue weighted by Gasteiger charge is -2.02. The zero-order chi connectivity index (χ0) is 7.56. The molecule has 0 spiro atoms.